The zero-order valence-electron chi connectivity index (χ0n) is 9.61. The van der Waals surface area contributed by atoms with E-state index in [1.165, 1.54) is 0 Å². The van der Waals surface area contributed by atoms with Gasteiger partial charge in [0, 0.05) is 5.92 Å². The van der Waals surface area contributed by atoms with E-state index in [-0.39, 0.29) is 24.3 Å². The van der Waals surface area contributed by atoms with Gasteiger partial charge in [0.15, 0.2) is 18.2 Å². The fourth-order valence-corrected chi connectivity index (χ4v) is 1.30. The molecule has 0 aromatic carbocycles. The molecule has 17 heavy (non-hydrogen) atoms. The Hall–Kier alpha value is -2.11. The first kappa shape index (κ1) is 11.4. The number of aromatic nitrogens is 1. The molecule has 90 valence electrons. The van der Waals surface area contributed by atoms with E-state index in [1.807, 2.05) is 0 Å². The maximum Gasteiger partial charge on any atom is 0.263 e. The van der Waals surface area contributed by atoms with E-state index >= 15 is 0 Å². The number of fused-ring (bicyclic) bond motifs is 1. The fraction of sp³-hybridized carbons (Fsp3) is 0.364. The van der Waals surface area contributed by atoms with Gasteiger partial charge in [0.05, 0.1) is 0 Å². The molecule has 0 bridgehead atoms. The minimum absolute atomic E-state index is 0.00756. The number of pyridine rings is 1. The third-order valence-corrected chi connectivity index (χ3v) is 2.25. The molecule has 0 radical (unpaired) electrons. The lowest BCUT2D eigenvalue weighted by Gasteiger charge is -2.17. The summed E-state index contributed by atoms with van der Waals surface area (Å²) >= 11 is 0. The van der Waals surface area contributed by atoms with Crippen molar-refractivity contribution in [3.05, 3.63) is 12.1 Å². The Balaban J connectivity index is 2.18. The first-order valence-corrected chi connectivity index (χ1v) is 5.31. The van der Waals surface area contributed by atoms with Crippen molar-refractivity contribution in [2.45, 2.75) is 13.8 Å². The van der Waals surface area contributed by atoms with Crippen LogP contribution in [0, 0.1) is 5.92 Å². The minimum atomic E-state index is -0.252. The van der Waals surface area contributed by atoms with Gasteiger partial charge in [-0.05, 0) is 12.1 Å². The predicted molar refractivity (Wildman–Crippen MR) is 61.8 cm³/mol. The van der Waals surface area contributed by atoms with Gasteiger partial charge in [0.2, 0.25) is 5.91 Å². The number of nitrogens with one attached hydrogen (secondary N) is 2. The Morgan fingerprint density at radius 3 is 3.00 bits per heavy atom. The molecule has 2 heterocycles. The highest BCUT2D eigenvalue weighted by Gasteiger charge is 2.18. The van der Waals surface area contributed by atoms with Crippen molar-refractivity contribution in [1.29, 1.82) is 0 Å². The van der Waals surface area contributed by atoms with Crippen LogP contribution in [0.5, 0.6) is 5.75 Å². The summed E-state index contributed by atoms with van der Waals surface area (Å²) in [6.45, 7) is 3.57. The quantitative estimate of drug-likeness (QED) is 0.801. The van der Waals surface area contributed by atoms with Crippen molar-refractivity contribution >= 4 is 23.5 Å². The van der Waals surface area contributed by atoms with Crippen molar-refractivity contribution in [2.24, 2.45) is 5.92 Å². The summed E-state index contributed by atoms with van der Waals surface area (Å²) in [5, 5.41) is 5.23. The van der Waals surface area contributed by atoms with Crippen LogP contribution in [0.3, 0.4) is 0 Å². The average Bonchev–Trinajstić information content (AvgIpc) is 2.28. The number of carbonyl (C=O) groups excluding carboxylic acids is 2. The Kier molecular flexibility index (Phi) is 2.95. The second-order valence-electron chi connectivity index (χ2n) is 4.02. The smallest absolute Gasteiger partial charge is 0.263 e. The Morgan fingerprint density at radius 1 is 1.53 bits per heavy atom. The normalized spacial score (nSPS) is 13.7. The van der Waals surface area contributed by atoms with Crippen molar-refractivity contribution in [3.8, 4) is 5.75 Å². The van der Waals surface area contributed by atoms with E-state index in [2.05, 4.69) is 15.6 Å². The first-order valence-electron chi connectivity index (χ1n) is 5.31. The summed E-state index contributed by atoms with van der Waals surface area (Å²) < 4.78 is 5.16. The molecule has 0 aliphatic carbocycles. The van der Waals surface area contributed by atoms with E-state index in [4.69, 9.17) is 4.74 Å². The monoisotopic (exact) mass is 235 g/mol. The highest BCUT2D eigenvalue weighted by atomic mass is 16.5. The summed E-state index contributed by atoms with van der Waals surface area (Å²) in [6.07, 6.45) is 0. The maximum atomic E-state index is 11.5. The number of nitrogens with zero attached hydrogens (tertiary/aromatic N) is 1. The maximum absolute atomic E-state index is 11.5. The van der Waals surface area contributed by atoms with E-state index < -0.39 is 0 Å². The van der Waals surface area contributed by atoms with Gasteiger partial charge >= 0.3 is 0 Å². The highest BCUT2D eigenvalue weighted by Crippen LogP contribution is 2.26. The lowest BCUT2D eigenvalue weighted by atomic mass is 10.2. The third-order valence-electron chi connectivity index (χ3n) is 2.25. The largest absolute Gasteiger partial charge is 0.480 e. The van der Waals surface area contributed by atoms with Gasteiger partial charge in [-0.1, -0.05) is 13.8 Å². The minimum Gasteiger partial charge on any atom is -0.480 e. The van der Waals surface area contributed by atoms with Crippen molar-refractivity contribution in [1.82, 2.24) is 4.98 Å². The summed E-state index contributed by atoms with van der Waals surface area (Å²) in [6, 6.07) is 3.30. The second-order valence-corrected chi connectivity index (χ2v) is 4.02. The highest BCUT2D eigenvalue weighted by molar-refractivity contribution is 5.95. The summed E-state index contributed by atoms with van der Waals surface area (Å²) in [5.74, 6) is 0.736. The van der Waals surface area contributed by atoms with Gasteiger partial charge in [-0.15, -0.1) is 0 Å². The standard InChI is InChI=1S/C11H13N3O3/c1-6(2)11(16)13-8-4-3-7-10(12-8)14-9(15)5-17-7/h3-4,6H,5H2,1-2H3,(H2,12,13,14,15,16). The molecule has 1 aliphatic heterocycles. The number of hydrogen-bond donors (Lipinski definition) is 2. The number of carbonyl (C=O) groups is 2. The molecule has 2 rings (SSSR count). The molecule has 0 spiro atoms. The molecule has 1 aromatic rings. The number of amides is 2. The Labute approximate surface area is 98.4 Å². The van der Waals surface area contributed by atoms with E-state index in [1.54, 1.807) is 26.0 Å². The predicted octanol–water partition coefficient (Wildman–Crippen LogP) is 1.01. The Bertz CT molecular complexity index is 471. The Morgan fingerprint density at radius 2 is 2.29 bits per heavy atom. The molecular formula is C11H13N3O3. The molecule has 0 unspecified atom stereocenters. The van der Waals surface area contributed by atoms with Crippen LogP contribution in [0.25, 0.3) is 0 Å². The number of ether oxygens (including phenoxy) is 1. The first-order chi connectivity index (χ1) is 8.06. The molecule has 1 aliphatic rings. The van der Waals surface area contributed by atoms with Gasteiger partial charge in [0.25, 0.3) is 5.91 Å². The van der Waals surface area contributed by atoms with E-state index in [0.717, 1.165) is 0 Å². The van der Waals surface area contributed by atoms with Crippen LogP contribution in [0.4, 0.5) is 11.6 Å². The van der Waals surface area contributed by atoms with Crippen molar-refractivity contribution < 1.29 is 14.3 Å². The van der Waals surface area contributed by atoms with Crippen LogP contribution in [0.2, 0.25) is 0 Å². The van der Waals surface area contributed by atoms with E-state index in [0.29, 0.717) is 17.4 Å². The van der Waals surface area contributed by atoms with Gasteiger partial charge in [0.1, 0.15) is 5.82 Å². The van der Waals surface area contributed by atoms with E-state index in [9.17, 15) is 9.59 Å². The van der Waals surface area contributed by atoms with Crippen molar-refractivity contribution in [3.63, 3.8) is 0 Å². The van der Waals surface area contributed by atoms with Crippen LogP contribution in [0.1, 0.15) is 13.8 Å². The third kappa shape index (κ3) is 2.52. The summed E-state index contributed by atoms with van der Waals surface area (Å²) in [5.41, 5.74) is 0. The van der Waals surface area contributed by atoms with Crippen LogP contribution in [-0.4, -0.2) is 23.4 Å². The number of rotatable bonds is 2. The zero-order valence-corrected chi connectivity index (χ0v) is 9.61. The molecular weight excluding hydrogens is 222 g/mol. The molecule has 2 amide bonds. The molecule has 6 heteroatoms. The summed E-state index contributed by atoms with van der Waals surface area (Å²) in [7, 11) is 0. The molecule has 0 saturated heterocycles. The lowest BCUT2D eigenvalue weighted by molar-refractivity contribution is -0.119. The van der Waals surface area contributed by atoms with Gasteiger partial charge in [-0.25, -0.2) is 4.98 Å². The second kappa shape index (κ2) is 4.40. The van der Waals surface area contributed by atoms with Gasteiger partial charge in [-0.3, -0.25) is 9.59 Å². The molecule has 0 atom stereocenters. The summed E-state index contributed by atoms with van der Waals surface area (Å²) in [4.78, 5) is 26.7. The average molecular weight is 235 g/mol. The molecule has 1 aromatic heterocycles. The SMILES string of the molecule is CC(C)C(=O)Nc1ccc2c(n1)NC(=O)CO2. The van der Waals surface area contributed by atoms with Crippen molar-refractivity contribution in [2.75, 3.05) is 17.2 Å². The molecule has 0 fully saturated rings. The van der Waals surface area contributed by atoms with Crippen LogP contribution in [-0.2, 0) is 9.59 Å². The van der Waals surface area contributed by atoms with Gasteiger partial charge in [-0.2, -0.15) is 0 Å². The van der Waals surface area contributed by atoms with Crippen LogP contribution < -0.4 is 15.4 Å². The zero-order chi connectivity index (χ0) is 12.4. The van der Waals surface area contributed by atoms with Crippen LogP contribution in [0.15, 0.2) is 12.1 Å². The molecule has 0 saturated carbocycles. The topological polar surface area (TPSA) is 80.3 Å². The lowest BCUT2D eigenvalue weighted by Crippen LogP contribution is -2.26. The number of hydrogen-bond acceptors (Lipinski definition) is 4. The fourth-order valence-electron chi connectivity index (χ4n) is 1.30. The number of anilines is 2. The molecule has 2 N–H and O–H groups in total. The van der Waals surface area contributed by atoms with Gasteiger partial charge < -0.3 is 15.4 Å². The van der Waals surface area contributed by atoms with Crippen LogP contribution >= 0.6 is 0 Å². The molecule has 6 nitrogen and oxygen atoms in total.